The Kier molecular flexibility index (Phi) is 7.35. The van der Waals surface area contributed by atoms with Crippen molar-refractivity contribution >= 4 is 29.0 Å². The van der Waals surface area contributed by atoms with Crippen molar-refractivity contribution in [2.24, 2.45) is 0 Å². The van der Waals surface area contributed by atoms with Gasteiger partial charge in [0, 0.05) is 58.4 Å². The SMILES string of the molecule is N#Cc1ccc(N2CCN(C(=O)CCNC[C@@H]3c4ccccc4CN3c3cn[nH]c(=O)c3Cl)CC2)nc1. The van der Waals surface area contributed by atoms with Crippen molar-refractivity contribution in [2.45, 2.75) is 19.0 Å². The maximum Gasteiger partial charge on any atom is 0.285 e. The summed E-state index contributed by atoms with van der Waals surface area (Å²) < 4.78 is 0. The first-order chi connectivity index (χ1) is 18.0. The van der Waals surface area contributed by atoms with Crippen LogP contribution in [0.4, 0.5) is 11.5 Å². The van der Waals surface area contributed by atoms with E-state index in [4.69, 9.17) is 16.9 Å². The molecule has 1 amide bonds. The number of H-pyrrole nitrogens is 1. The van der Waals surface area contributed by atoms with Gasteiger partial charge >= 0.3 is 0 Å². The van der Waals surface area contributed by atoms with Crippen LogP contribution in [0, 0.1) is 11.3 Å². The zero-order valence-electron chi connectivity index (χ0n) is 20.2. The summed E-state index contributed by atoms with van der Waals surface area (Å²) in [6.07, 6.45) is 3.55. The highest BCUT2D eigenvalue weighted by molar-refractivity contribution is 6.33. The summed E-state index contributed by atoms with van der Waals surface area (Å²) in [4.78, 5) is 35.3. The van der Waals surface area contributed by atoms with Crippen molar-refractivity contribution in [3.05, 3.63) is 80.9 Å². The Morgan fingerprint density at radius 3 is 2.73 bits per heavy atom. The molecule has 1 atom stereocenters. The van der Waals surface area contributed by atoms with E-state index >= 15 is 0 Å². The number of piperazine rings is 1. The van der Waals surface area contributed by atoms with E-state index in [0.29, 0.717) is 63.5 Å². The van der Waals surface area contributed by atoms with Crippen LogP contribution in [0.3, 0.4) is 0 Å². The number of amides is 1. The molecule has 3 aromatic rings. The number of aromatic amines is 1. The van der Waals surface area contributed by atoms with Crippen molar-refractivity contribution in [1.29, 1.82) is 5.26 Å². The molecule has 0 unspecified atom stereocenters. The molecule has 0 saturated carbocycles. The van der Waals surface area contributed by atoms with E-state index in [1.54, 1.807) is 18.5 Å². The van der Waals surface area contributed by atoms with Gasteiger partial charge in [0.2, 0.25) is 5.91 Å². The molecule has 1 aromatic carbocycles. The number of hydrogen-bond acceptors (Lipinski definition) is 8. The highest BCUT2D eigenvalue weighted by Gasteiger charge is 2.32. The minimum atomic E-state index is -0.414. The fourth-order valence-electron chi connectivity index (χ4n) is 4.93. The number of halogens is 1. The largest absolute Gasteiger partial charge is 0.356 e. The van der Waals surface area contributed by atoms with Crippen molar-refractivity contribution in [2.75, 3.05) is 49.1 Å². The van der Waals surface area contributed by atoms with Gasteiger partial charge in [0.25, 0.3) is 5.56 Å². The number of rotatable bonds is 7. The highest BCUT2D eigenvalue weighted by atomic mass is 35.5. The van der Waals surface area contributed by atoms with E-state index in [-0.39, 0.29) is 17.0 Å². The third-order valence-electron chi connectivity index (χ3n) is 6.90. The summed E-state index contributed by atoms with van der Waals surface area (Å²) >= 11 is 6.32. The molecule has 0 radical (unpaired) electrons. The lowest BCUT2D eigenvalue weighted by molar-refractivity contribution is -0.131. The number of carbonyl (C=O) groups is 1. The van der Waals surface area contributed by atoms with Gasteiger partial charge in [0.1, 0.15) is 16.9 Å². The van der Waals surface area contributed by atoms with Crippen LogP contribution in [0.5, 0.6) is 0 Å². The molecule has 190 valence electrons. The molecule has 2 aromatic heterocycles. The van der Waals surface area contributed by atoms with Crippen molar-refractivity contribution in [3.63, 3.8) is 0 Å². The first-order valence-corrected chi connectivity index (χ1v) is 12.6. The normalized spacial score (nSPS) is 17.0. The molecule has 2 aliphatic heterocycles. The average Bonchev–Trinajstić information content (AvgIpc) is 3.31. The average molecular weight is 519 g/mol. The number of anilines is 2. The van der Waals surface area contributed by atoms with E-state index < -0.39 is 5.56 Å². The Morgan fingerprint density at radius 1 is 1.16 bits per heavy atom. The first kappa shape index (κ1) is 24.7. The van der Waals surface area contributed by atoms with Gasteiger partial charge in [-0.3, -0.25) is 9.59 Å². The lowest BCUT2D eigenvalue weighted by atomic mass is 10.0. The maximum atomic E-state index is 12.8. The minimum Gasteiger partial charge on any atom is -0.356 e. The van der Waals surface area contributed by atoms with Crippen LogP contribution in [0.2, 0.25) is 5.02 Å². The second kappa shape index (κ2) is 11.0. The van der Waals surface area contributed by atoms with Gasteiger partial charge in [-0.05, 0) is 23.3 Å². The van der Waals surface area contributed by atoms with Gasteiger partial charge in [-0.25, -0.2) is 10.1 Å². The molecule has 5 rings (SSSR count). The minimum absolute atomic E-state index is 0.0316. The van der Waals surface area contributed by atoms with Gasteiger partial charge in [-0.15, -0.1) is 0 Å². The van der Waals surface area contributed by atoms with Crippen LogP contribution in [-0.2, 0) is 11.3 Å². The maximum absolute atomic E-state index is 12.8. The van der Waals surface area contributed by atoms with Crippen molar-refractivity contribution in [3.8, 4) is 6.07 Å². The molecule has 1 saturated heterocycles. The summed E-state index contributed by atoms with van der Waals surface area (Å²) in [6.45, 7) is 4.46. The zero-order chi connectivity index (χ0) is 25.8. The lowest BCUT2D eigenvalue weighted by Gasteiger charge is -2.35. The van der Waals surface area contributed by atoms with E-state index in [2.05, 4.69) is 48.5 Å². The summed E-state index contributed by atoms with van der Waals surface area (Å²) in [7, 11) is 0. The number of hydrogen-bond donors (Lipinski definition) is 2. The number of nitriles is 1. The number of fused-ring (bicyclic) bond motifs is 1. The van der Waals surface area contributed by atoms with E-state index in [9.17, 15) is 9.59 Å². The molecule has 37 heavy (non-hydrogen) atoms. The van der Waals surface area contributed by atoms with Crippen LogP contribution < -0.4 is 20.7 Å². The second-order valence-corrected chi connectivity index (χ2v) is 9.46. The number of benzene rings is 1. The first-order valence-electron chi connectivity index (χ1n) is 12.2. The number of aromatic nitrogens is 3. The molecule has 1 fully saturated rings. The van der Waals surface area contributed by atoms with Crippen molar-refractivity contribution < 1.29 is 4.79 Å². The molecule has 2 aliphatic rings. The fraction of sp³-hybridized carbons (Fsp3) is 0.346. The fourth-order valence-corrected chi connectivity index (χ4v) is 5.13. The third kappa shape index (κ3) is 5.28. The Hall–Kier alpha value is -3.94. The smallest absolute Gasteiger partial charge is 0.285 e. The summed E-state index contributed by atoms with van der Waals surface area (Å²) in [5.41, 5.74) is 3.06. The van der Waals surface area contributed by atoms with Crippen LogP contribution in [0.1, 0.15) is 29.2 Å². The molecule has 2 N–H and O–H groups in total. The van der Waals surface area contributed by atoms with Crippen LogP contribution in [-0.4, -0.2) is 65.3 Å². The predicted molar refractivity (Wildman–Crippen MR) is 140 cm³/mol. The Balaban J connectivity index is 1.14. The van der Waals surface area contributed by atoms with Crippen LogP contribution in [0.15, 0.2) is 53.6 Å². The molecule has 0 spiro atoms. The summed E-state index contributed by atoms with van der Waals surface area (Å²) in [5, 5.41) is 18.8. The zero-order valence-corrected chi connectivity index (χ0v) is 21.0. The van der Waals surface area contributed by atoms with Gasteiger partial charge in [0.15, 0.2) is 0 Å². The molecular formula is C26H27ClN8O2. The predicted octanol–water partition coefficient (Wildman–Crippen LogP) is 2.08. The second-order valence-electron chi connectivity index (χ2n) is 9.08. The van der Waals surface area contributed by atoms with Gasteiger partial charge in [-0.1, -0.05) is 35.9 Å². The Morgan fingerprint density at radius 2 is 1.97 bits per heavy atom. The molecular weight excluding hydrogens is 492 g/mol. The third-order valence-corrected chi connectivity index (χ3v) is 7.27. The van der Waals surface area contributed by atoms with Crippen LogP contribution in [0.25, 0.3) is 0 Å². The molecule has 4 heterocycles. The summed E-state index contributed by atoms with van der Waals surface area (Å²) in [6, 6.07) is 13.8. The van der Waals surface area contributed by atoms with E-state index in [1.165, 1.54) is 11.1 Å². The quantitative estimate of drug-likeness (QED) is 0.456. The van der Waals surface area contributed by atoms with Crippen LogP contribution >= 0.6 is 11.6 Å². The highest BCUT2D eigenvalue weighted by Crippen LogP contribution is 2.38. The van der Waals surface area contributed by atoms with Gasteiger partial charge in [-0.2, -0.15) is 10.4 Å². The van der Waals surface area contributed by atoms with Gasteiger partial charge < -0.3 is 20.0 Å². The number of nitrogens with one attached hydrogen (secondary N) is 2. The lowest BCUT2D eigenvalue weighted by Crippen LogP contribution is -2.49. The number of pyridine rings is 1. The standard InChI is InChI=1S/C26H27ClN8O2/c27-25-22(16-31-32-26(25)37)35-17-19-3-1-2-4-20(19)21(35)15-29-8-7-24(36)34-11-9-33(10-12-34)23-6-5-18(13-28)14-30-23/h1-6,14,16,21,29H,7-12,15,17H2,(H,32,37)/t21-/m1/s1. The topological polar surface area (TPSA) is 121 Å². The van der Waals surface area contributed by atoms with Gasteiger partial charge in [0.05, 0.1) is 23.5 Å². The molecule has 0 aliphatic carbocycles. The van der Waals surface area contributed by atoms with E-state index in [0.717, 1.165) is 5.82 Å². The Labute approximate surface area is 219 Å². The molecule has 0 bridgehead atoms. The number of carbonyl (C=O) groups excluding carboxylic acids is 1. The van der Waals surface area contributed by atoms with Crippen molar-refractivity contribution in [1.82, 2.24) is 25.4 Å². The molecule has 11 heteroatoms. The monoisotopic (exact) mass is 518 g/mol. The molecule has 10 nitrogen and oxygen atoms in total. The number of nitrogens with zero attached hydrogens (tertiary/aromatic N) is 6. The van der Waals surface area contributed by atoms with E-state index in [1.807, 2.05) is 23.1 Å². The summed E-state index contributed by atoms with van der Waals surface area (Å²) in [5.74, 6) is 0.940. The Bertz CT molecular complexity index is 1360.